The summed E-state index contributed by atoms with van der Waals surface area (Å²) in [6.45, 7) is 10.7. The number of carbonyl (C=O) groups is 1. The summed E-state index contributed by atoms with van der Waals surface area (Å²) in [6, 6.07) is 0.303. The molecule has 1 atom stereocenters. The van der Waals surface area contributed by atoms with Gasteiger partial charge in [-0.25, -0.2) is 0 Å². The third-order valence-corrected chi connectivity index (χ3v) is 3.53. The highest BCUT2D eigenvalue weighted by molar-refractivity contribution is 5.73. The molecule has 4 heteroatoms. The second kappa shape index (κ2) is 6.97. The molecule has 0 bridgehead atoms. The van der Waals surface area contributed by atoms with Crippen LogP contribution in [0.1, 0.15) is 33.6 Å². The summed E-state index contributed by atoms with van der Waals surface area (Å²) in [6.07, 6.45) is 2.46. The Labute approximate surface area is 105 Å². The summed E-state index contributed by atoms with van der Waals surface area (Å²) in [7, 11) is 0. The van der Waals surface area contributed by atoms with Crippen molar-refractivity contribution in [2.75, 3.05) is 32.7 Å². The second-order valence-corrected chi connectivity index (χ2v) is 5.36. The predicted molar refractivity (Wildman–Crippen MR) is 70.7 cm³/mol. The van der Waals surface area contributed by atoms with Crippen molar-refractivity contribution in [1.82, 2.24) is 9.80 Å². The number of carbonyl (C=O) groups excluding carboxylic acids is 1. The van der Waals surface area contributed by atoms with Gasteiger partial charge in [0.1, 0.15) is 0 Å². The summed E-state index contributed by atoms with van der Waals surface area (Å²) in [5.41, 5.74) is 5.60. The third kappa shape index (κ3) is 4.64. The molecular weight excluding hydrogens is 214 g/mol. The minimum Gasteiger partial charge on any atom is -0.340 e. The Morgan fingerprint density at radius 1 is 1.53 bits per heavy atom. The lowest BCUT2D eigenvalue weighted by atomic mass is 9.97. The number of likely N-dealkylation sites (tertiary alicyclic amines) is 1. The standard InChI is InChI=1S/C13H27N3O/c1-11(2)16(12(3)17)10-13-5-4-7-15(9-13)8-6-14/h11,13H,4-10,14H2,1-3H3. The van der Waals surface area contributed by atoms with Gasteiger partial charge in [0.2, 0.25) is 5.91 Å². The molecule has 1 heterocycles. The highest BCUT2D eigenvalue weighted by atomic mass is 16.2. The zero-order valence-electron chi connectivity index (χ0n) is 11.5. The maximum Gasteiger partial charge on any atom is 0.219 e. The molecule has 0 aromatic rings. The molecule has 0 saturated carbocycles. The van der Waals surface area contributed by atoms with Gasteiger partial charge in [-0.1, -0.05) is 0 Å². The lowest BCUT2D eigenvalue weighted by Gasteiger charge is -2.36. The summed E-state index contributed by atoms with van der Waals surface area (Å²) in [5, 5.41) is 0. The first-order chi connectivity index (χ1) is 8.04. The number of amides is 1. The van der Waals surface area contributed by atoms with E-state index in [0.29, 0.717) is 12.0 Å². The van der Waals surface area contributed by atoms with E-state index in [1.54, 1.807) is 6.92 Å². The van der Waals surface area contributed by atoms with Crippen LogP contribution in [0.3, 0.4) is 0 Å². The van der Waals surface area contributed by atoms with Gasteiger partial charge < -0.3 is 15.5 Å². The van der Waals surface area contributed by atoms with Crippen LogP contribution in [0, 0.1) is 5.92 Å². The molecule has 4 nitrogen and oxygen atoms in total. The fraction of sp³-hybridized carbons (Fsp3) is 0.923. The second-order valence-electron chi connectivity index (χ2n) is 5.36. The normalized spacial score (nSPS) is 21.8. The molecule has 1 rings (SSSR count). The number of hydrogen-bond donors (Lipinski definition) is 1. The first-order valence-corrected chi connectivity index (χ1v) is 6.74. The number of rotatable bonds is 5. The van der Waals surface area contributed by atoms with E-state index in [2.05, 4.69) is 18.7 Å². The van der Waals surface area contributed by atoms with Crippen molar-refractivity contribution in [3.05, 3.63) is 0 Å². The van der Waals surface area contributed by atoms with Crippen LogP contribution < -0.4 is 5.73 Å². The van der Waals surface area contributed by atoms with Crippen molar-refractivity contribution in [2.45, 2.75) is 39.7 Å². The van der Waals surface area contributed by atoms with E-state index in [1.807, 2.05) is 4.90 Å². The number of nitrogens with two attached hydrogens (primary N) is 1. The molecule has 0 radical (unpaired) electrons. The summed E-state index contributed by atoms with van der Waals surface area (Å²) in [5.74, 6) is 0.803. The fourth-order valence-corrected chi connectivity index (χ4v) is 2.67. The van der Waals surface area contributed by atoms with Crippen molar-refractivity contribution in [2.24, 2.45) is 11.7 Å². The van der Waals surface area contributed by atoms with Crippen molar-refractivity contribution < 1.29 is 4.79 Å². The monoisotopic (exact) mass is 241 g/mol. The molecule has 17 heavy (non-hydrogen) atoms. The van der Waals surface area contributed by atoms with E-state index in [1.165, 1.54) is 12.8 Å². The van der Waals surface area contributed by atoms with Gasteiger partial charge in [-0.05, 0) is 39.2 Å². The molecule has 1 fully saturated rings. The Balaban J connectivity index is 2.46. The van der Waals surface area contributed by atoms with E-state index in [4.69, 9.17) is 5.73 Å². The van der Waals surface area contributed by atoms with Crippen molar-refractivity contribution >= 4 is 5.91 Å². The topological polar surface area (TPSA) is 49.6 Å². The molecule has 0 aromatic carbocycles. The SMILES string of the molecule is CC(=O)N(CC1CCCN(CCN)C1)C(C)C. The Morgan fingerprint density at radius 3 is 2.76 bits per heavy atom. The van der Waals surface area contributed by atoms with Gasteiger partial charge in [-0.3, -0.25) is 4.79 Å². The lowest BCUT2D eigenvalue weighted by Crippen LogP contribution is -2.45. The van der Waals surface area contributed by atoms with Crippen LogP contribution in [0.2, 0.25) is 0 Å². The molecule has 1 amide bonds. The minimum absolute atomic E-state index is 0.191. The van der Waals surface area contributed by atoms with Crippen molar-refractivity contribution in [3.63, 3.8) is 0 Å². The Kier molecular flexibility index (Phi) is 5.92. The average Bonchev–Trinajstić information content (AvgIpc) is 2.26. The van der Waals surface area contributed by atoms with Crippen LogP contribution in [-0.4, -0.2) is 54.5 Å². The van der Waals surface area contributed by atoms with Crippen LogP contribution in [0.5, 0.6) is 0 Å². The third-order valence-electron chi connectivity index (χ3n) is 3.53. The molecule has 1 aliphatic heterocycles. The molecule has 2 N–H and O–H groups in total. The summed E-state index contributed by atoms with van der Waals surface area (Å²) in [4.78, 5) is 16.0. The maximum absolute atomic E-state index is 11.6. The van der Waals surface area contributed by atoms with E-state index in [-0.39, 0.29) is 5.91 Å². The average molecular weight is 241 g/mol. The smallest absolute Gasteiger partial charge is 0.219 e. The number of nitrogens with zero attached hydrogens (tertiary/aromatic N) is 2. The van der Waals surface area contributed by atoms with Crippen LogP contribution >= 0.6 is 0 Å². The number of piperidine rings is 1. The van der Waals surface area contributed by atoms with E-state index >= 15 is 0 Å². The first-order valence-electron chi connectivity index (χ1n) is 6.74. The van der Waals surface area contributed by atoms with Gasteiger partial charge in [0.15, 0.2) is 0 Å². The van der Waals surface area contributed by atoms with E-state index in [0.717, 1.165) is 32.7 Å². The van der Waals surface area contributed by atoms with Gasteiger partial charge in [0, 0.05) is 39.1 Å². The largest absolute Gasteiger partial charge is 0.340 e. The van der Waals surface area contributed by atoms with Crippen molar-refractivity contribution in [3.8, 4) is 0 Å². The van der Waals surface area contributed by atoms with Crippen LogP contribution in [0.4, 0.5) is 0 Å². The molecule has 0 aromatic heterocycles. The lowest BCUT2D eigenvalue weighted by molar-refractivity contribution is -0.131. The van der Waals surface area contributed by atoms with E-state index < -0.39 is 0 Å². The van der Waals surface area contributed by atoms with Gasteiger partial charge >= 0.3 is 0 Å². The van der Waals surface area contributed by atoms with Gasteiger partial charge in [-0.15, -0.1) is 0 Å². The maximum atomic E-state index is 11.6. The van der Waals surface area contributed by atoms with Gasteiger partial charge in [0.25, 0.3) is 0 Å². The summed E-state index contributed by atoms with van der Waals surface area (Å²) < 4.78 is 0. The van der Waals surface area contributed by atoms with Gasteiger partial charge in [-0.2, -0.15) is 0 Å². The Hall–Kier alpha value is -0.610. The fourth-order valence-electron chi connectivity index (χ4n) is 2.67. The highest BCUT2D eigenvalue weighted by Crippen LogP contribution is 2.18. The Bertz CT molecular complexity index is 241. The number of hydrogen-bond acceptors (Lipinski definition) is 3. The first kappa shape index (κ1) is 14.5. The molecular formula is C13H27N3O. The molecule has 1 unspecified atom stereocenters. The molecule has 1 saturated heterocycles. The quantitative estimate of drug-likeness (QED) is 0.778. The summed E-state index contributed by atoms with van der Waals surface area (Å²) >= 11 is 0. The zero-order chi connectivity index (χ0) is 12.8. The molecule has 0 spiro atoms. The minimum atomic E-state index is 0.191. The predicted octanol–water partition coefficient (Wildman–Crippen LogP) is 0.914. The van der Waals surface area contributed by atoms with Crippen LogP contribution in [0.15, 0.2) is 0 Å². The zero-order valence-corrected chi connectivity index (χ0v) is 11.5. The van der Waals surface area contributed by atoms with Gasteiger partial charge in [0.05, 0.1) is 0 Å². The van der Waals surface area contributed by atoms with E-state index in [9.17, 15) is 4.79 Å². The van der Waals surface area contributed by atoms with Crippen molar-refractivity contribution in [1.29, 1.82) is 0 Å². The van der Waals surface area contributed by atoms with Crippen LogP contribution in [-0.2, 0) is 4.79 Å². The Morgan fingerprint density at radius 2 is 2.24 bits per heavy atom. The van der Waals surface area contributed by atoms with Crippen LogP contribution in [0.25, 0.3) is 0 Å². The molecule has 1 aliphatic rings. The highest BCUT2D eigenvalue weighted by Gasteiger charge is 2.23. The molecule has 0 aliphatic carbocycles. The molecule has 100 valence electrons.